The van der Waals surface area contributed by atoms with Gasteiger partial charge in [-0.05, 0) is 18.1 Å². The smallest absolute Gasteiger partial charge is 0.230 e. The Morgan fingerprint density at radius 1 is 1.16 bits per heavy atom. The normalized spacial score (nSPS) is 15.4. The number of hydrogen-bond donors (Lipinski definition) is 1. The van der Waals surface area contributed by atoms with Crippen molar-refractivity contribution in [2.75, 3.05) is 36.9 Å². The highest BCUT2D eigenvalue weighted by Gasteiger charge is 2.28. The molecule has 1 aliphatic rings. The zero-order valence-electron chi connectivity index (χ0n) is 14.3. The minimum Gasteiger partial charge on any atom is -0.378 e. The van der Waals surface area contributed by atoms with Crippen LogP contribution in [0.3, 0.4) is 0 Å². The van der Waals surface area contributed by atoms with Gasteiger partial charge in [0.25, 0.3) is 0 Å². The first-order chi connectivity index (χ1) is 11.8. The number of rotatable bonds is 4. The molecule has 0 radical (unpaired) electrons. The number of anilines is 2. The van der Waals surface area contributed by atoms with Crippen LogP contribution in [0.15, 0.2) is 18.2 Å². The molecule has 0 bridgehead atoms. The summed E-state index contributed by atoms with van der Waals surface area (Å²) < 4.78 is 32.5. The Morgan fingerprint density at radius 2 is 1.88 bits per heavy atom. The van der Waals surface area contributed by atoms with Crippen molar-refractivity contribution < 1.29 is 13.5 Å². The van der Waals surface area contributed by atoms with Crippen LogP contribution in [0.25, 0.3) is 0 Å². The Morgan fingerprint density at radius 3 is 2.56 bits per heavy atom. The first-order valence-corrected chi connectivity index (χ1v) is 8.14. The standard InChI is InChI=1S/C17H21F2N5O/c1-17(2,10-11-3-4-12(18)9-13(11)19)14-21-15(20)23-16(22-14)24-5-7-25-8-6-24/h3-4,9H,5-8,10H2,1-2H3,(H2,20,21,22,23). The van der Waals surface area contributed by atoms with Gasteiger partial charge in [-0.2, -0.15) is 15.0 Å². The van der Waals surface area contributed by atoms with Crippen molar-refractivity contribution in [2.45, 2.75) is 25.7 Å². The van der Waals surface area contributed by atoms with E-state index in [1.807, 2.05) is 18.7 Å². The monoisotopic (exact) mass is 349 g/mol. The third-order valence-electron chi connectivity index (χ3n) is 4.19. The lowest BCUT2D eigenvalue weighted by Gasteiger charge is -2.29. The highest BCUT2D eigenvalue weighted by atomic mass is 19.1. The minimum absolute atomic E-state index is 0.124. The van der Waals surface area contributed by atoms with Crippen molar-refractivity contribution in [3.05, 3.63) is 41.2 Å². The molecule has 134 valence electrons. The van der Waals surface area contributed by atoms with Crippen molar-refractivity contribution in [2.24, 2.45) is 0 Å². The number of benzene rings is 1. The molecule has 2 N–H and O–H groups in total. The second-order valence-electron chi connectivity index (χ2n) is 6.71. The summed E-state index contributed by atoms with van der Waals surface area (Å²) in [5.41, 5.74) is 5.66. The molecule has 0 atom stereocenters. The molecular weight excluding hydrogens is 328 g/mol. The maximum atomic E-state index is 14.0. The van der Waals surface area contributed by atoms with Crippen molar-refractivity contribution >= 4 is 11.9 Å². The average molecular weight is 349 g/mol. The van der Waals surface area contributed by atoms with E-state index in [0.717, 1.165) is 6.07 Å². The Balaban J connectivity index is 1.89. The molecule has 2 aromatic rings. The van der Waals surface area contributed by atoms with E-state index in [-0.39, 0.29) is 5.95 Å². The predicted octanol–water partition coefficient (Wildman–Crippen LogP) is 2.09. The van der Waals surface area contributed by atoms with Crippen LogP contribution in [0, 0.1) is 11.6 Å². The second-order valence-corrected chi connectivity index (χ2v) is 6.71. The van der Waals surface area contributed by atoms with Gasteiger partial charge in [0.15, 0.2) is 0 Å². The molecule has 1 saturated heterocycles. The van der Waals surface area contributed by atoms with E-state index >= 15 is 0 Å². The van der Waals surface area contributed by atoms with E-state index in [0.29, 0.717) is 50.1 Å². The van der Waals surface area contributed by atoms with E-state index in [9.17, 15) is 8.78 Å². The predicted molar refractivity (Wildman–Crippen MR) is 90.4 cm³/mol. The van der Waals surface area contributed by atoms with E-state index in [2.05, 4.69) is 15.0 Å². The molecule has 1 aliphatic heterocycles. The van der Waals surface area contributed by atoms with E-state index < -0.39 is 17.0 Å². The van der Waals surface area contributed by atoms with Crippen LogP contribution in [0.2, 0.25) is 0 Å². The lowest BCUT2D eigenvalue weighted by Crippen LogP contribution is -2.38. The third-order valence-corrected chi connectivity index (χ3v) is 4.19. The summed E-state index contributed by atoms with van der Waals surface area (Å²) in [5, 5.41) is 0. The molecule has 3 rings (SSSR count). The number of morpholine rings is 1. The van der Waals surface area contributed by atoms with Gasteiger partial charge >= 0.3 is 0 Å². The summed E-state index contributed by atoms with van der Waals surface area (Å²) in [6.07, 6.45) is 0.311. The summed E-state index contributed by atoms with van der Waals surface area (Å²) in [6, 6.07) is 3.57. The summed E-state index contributed by atoms with van der Waals surface area (Å²) in [5.74, 6) is -0.0793. The Bertz CT molecular complexity index is 763. The summed E-state index contributed by atoms with van der Waals surface area (Å²) >= 11 is 0. The van der Waals surface area contributed by atoms with Crippen molar-refractivity contribution in [1.82, 2.24) is 15.0 Å². The van der Waals surface area contributed by atoms with Gasteiger partial charge in [0.2, 0.25) is 11.9 Å². The van der Waals surface area contributed by atoms with Gasteiger partial charge in [-0.25, -0.2) is 8.78 Å². The van der Waals surface area contributed by atoms with Crippen molar-refractivity contribution in [3.8, 4) is 0 Å². The lowest BCUT2D eigenvalue weighted by atomic mass is 9.84. The van der Waals surface area contributed by atoms with Crippen LogP contribution in [-0.2, 0) is 16.6 Å². The number of aromatic nitrogens is 3. The topological polar surface area (TPSA) is 77.2 Å². The van der Waals surface area contributed by atoms with Gasteiger partial charge < -0.3 is 15.4 Å². The maximum Gasteiger partial charge on any atom is 0.230 e. The van der Waals surface area contributed by atoms with Crippen LogP contribution < -0.4 is 10.6 Å². The summed E-state index contributed by atoms with van der Waals surface area (Å²) in [4.78, 5) is 15.0. The molecular formula is C17H21F2N5O. The molecule has 1 aromatic carbocycles. The average Bonchev–Trinajstić information content (AvgIpc) is 2.58. The molecule has 0 amide bonds. The van der Waals surface area contributed by atoms with Crippen LogP contribution in [0.5, 0.6) is 0 Å². The molecule has 25 heavy (non-hydrogen) atoms. The molecule has 1 aromatic heterocycles. The molecule has 8 heteroatoms. The van der Waals surface area contributed by atoms with Gasteiger partial charge in [0, 0.05) is 24.6 Å². The van der Waals surface area contributed by atoms with E-state index in [4.69, 9.17) is 10.5 Å². The Hall–Kier alpha value is -2.35. The molecule has 0 spiro atoms. The van der Waals surface area contributed by atoms with E-state index in [1.165, 1.54) is 12.1 Å². The van der Waals surface area contributed by atoms with Crippen molar-refractivity contribution in [1.29, 1.82) is 0 Å². The van der Waals surface area contributed by atoms with E-state index in [1.54, 1.807) is 0 Å². The first-order valence-electron chi connectivity index (χ1n) is 8.14. The molecule has 0 saturated carbocycles. The largest absolute Gasteiger partial charge is 0.378 e. The first kappa shape index (κ1) is 17.5. The highest BCUT2D eigenvalue weighted by Crippen LogP contribution is 2.28. The van der Waals surface area contributed by atoms with Gasteiger partial charge in [0.05, 0.1) is 13.2 Å². The van der Waals surface area contributed by atoms with Crippen LogP contribution >= 0.6 is 0 Å². The second kappa shape index (κ2) is 6.87. The number of halogens is 2. The van der Waals surface area contributed by atoms with Crippen LogP contribution in [0.1, 0.15) is 25.2 Å². The Labute approximate surface area is 145 Å². The number of nitrogens with zero attached hydrogens (tertiary/aromatic N) is 4. The van der Waals surface area contributed by atoms with Gasteiger partial charge in [-0.15, -0.1) is 0 Å². The quantitative estimate of drug-likeness (QED) is 0.911. The fraction of sp³-hybridized carbons (Fsp3) is 0.471. The summed E-state index contributed by atoms with van der Waals surface area (Å²) in [7, 11) is 0. The molecule has 0 aliphatic carbocycles. The molecule has 2 heterocycles. The maximum absolute atomic E-state index is 14.0. The van der Waals surface area contributed by atoms with Crippen LogP contribution in [-0.4, -0.2) is 41.3 Å². The minimum atomic E-state index is -0.600. The molecule has 1 fully saturated rings. The fourth-order valence-corrected chi connectivity index (χ4v) is 2.81. The SMILES string of the molecule is CC(C)(Cc1ccc(F)cc1F)c1nc(N)nc(N2CCOCC2)n1. The number of nitrogens with two attached hydrogens (primary N) is 1. The van der Waals surface area contributed by atoms with Gasteiger partial charge in [-0.1, -0.05) is 19.9 Å². The zero-order valence-corrected chi connectivity index (χ0v) is 14.3. The third kappa shape index (κ3) is 4.01. The van der Waals surface area contributed by atoms with Gasteiger partial charge in [-0.3, -0.25) is 0 Å². The van der Waals surface area contributed by atoms with Crippen LogP contribution in [0.4, 0.5) is 20.7 Å². The fourth-order valence-electron chi connectivity index (χ4n) is 2.81. The summed E-state index contributed by atoms with van der Waals surface area (Å²) in [6.45, 7) is 6.35. The molecule has 6 nitrogen and oxygen atoms in total. The lowest BCUT2D eigenvalue weighted by molar-refractivity contribution is 0.122. The highest BCUT2D eigenvalue weighted by molar-refractivity contribution is 5.37. The zero-order chi connectivity index (χ0) is 18.0. The molecule has 0 unspecified atom stereocenters. The number of ether oxygens (including phenoxy) is 1. The number of hydrogen-bond acceptors (Lipinski definition) is 6. The van der Waals surface area contributed by atoms with Gasteiger partial charge in [0.1, 0.15) is 17.5 Å². The Kier molecular flexibility index (Phi) is 4.80. The van der Waals surface area contributed by atoms with Crippen molar-refractivity contribution in [3.63, 3.8) is 0 Å². The number of nitrogen functional groups attached to an aromatic ring is 1.